The van der Waals surface area contributed by atoms with Crippen molar-refractivity contribution in [3.63, 3.8) is 0 Å². The Morgan fingerprint density at radius 2 is 1.82 bits per heavy atom. The van der Waals surface area contributed by atoms with E-state index in [4.69, 9.17) is 0 Å². The van der Waals surface area contributed by atoms with Crippen LogP contribution in [0.5, 0.6) is 0 Å². The molecule has 2 saturated heterocycles. The quantitative estimate of drug-likeness (QED) is 0.569. The van der Waals surface area contributed by atoms with Crippen LogP contribution in [0.2, 0.25) is 0 Å². The van der Waals surface area contributed by atoms with E-state index >= 15 is 0 Å². The van der Waals surface area contributed by atoms with E-state index in [-0.39, 0.29) is 23.4 Å². The second-order valence-electron chi connectivity index (χ2n) is 12.3. The first kappa shape index (κ1) is 26.3. The van der Waals surface area contributed by atoms with Crippen LogP contribution >= 0.6 is 0 Å². The monoisotopic (exact) mass is 534 g/mol. The molecule has 3 unspecified atom stereocenters. The second kappa shape index (κ2) is 10.3. The lowest BCUT2D eigenvalue weighted by atomic mass is 9.65. The molecule has 7 nitrogen and oxygen atoms in total. The predicted molar refractivity (Wildman–Crippen MR) is 140 cm³/mol. The molecule has 10 heteroatoms. The second-order valence-corrected chi connectivity index (χ2v) is 12.3. The van der Waals surface area contributed by atoms with Gasteiger partial charge in [0.25, 0.3) is 0 Å². The zero-order valence-corrected chi connectivity index (χ0v) is 22.5. The summed E-state index contributed by atoms with van der Waals surface area (Å²) in [6.07, 6.45) is 8.48. The molecule has 2 aromatic heterocycles. The van der Waals surface area contributed by atoms with E-state index in [0.717, 1.165) is 51.7 Å². The van der Waals surface area contributed by atoms with Crippen molar-refractivity contribution in [3.05, 3.63) is 40.1 Å². The Balaban J connectivity index is 1.32. The van der Waals surface area contributed by atoms with Crippen LogP contribution in [0, 0.1) is 17.8 Å². The number of aromatic nitrogens is 2. The molecule has 210 valence electrons. The van der Waals surface area contributed by atoms with E-state index in [1.807, 2.05) is 0 Å². The third-order valence-electron chi connectivity index (χ3n) is 9.97. The summed E-state index contributed by atoms with van der Waals surface area (Å²) in [6, 6.07) is 1.52. The largest absolute Gasteiger partial charge is 0.418 e. The predicted octanol–water partition coefficient (Wildman–Crippen LogP) is 4.57. The van der Waals surface area contributed by atoms with Crippen LogP contribution in [0.15, 0.2) is 23.3 Å². The highest BCUT2D eigenvalue weighted by molar-refractivity contribution is 5.56. The van der Waals surface area contributed by atoms with Crippen molar-refractivity contribution in [2.45, 2.75) is 95.7 Å². The van der Waals surface area contributed by atoms with E-state index in [2.05, 4.69) is 34.6 Å². The van der Waals surface area contributed by atoms with Crippen LogP contribution in [-0.4, -0.2) is 51.2 Å². The summed E-state index contributed by atoms with van der Waals surface area (Å²) in [4.78, 5) is 18.2. The molecular weight excluding hydrogens is 493 g/mol. The van der Waals surface area contributed by atoms with Crippen LogP contribution in [0.25, 0.3) is 5.52 Å². The summed E-state index contributed by atoms with van der Waals surface area (Å²) >= 11 is 0. The number of imidazole rings is 1. The minimum Gasteiger partial charge on any atom is -0.296 e. The topological polar surface area (TPSA) is 57.0 Å². The van der Waals surface area contributed by atoms with Gasteiger partial charge in [0.15, 0.2) is 0 Å². The first-order valence-corrected chi connectivity index (χ1v) is 14.5. The number of hydrogen-bond donors (Lipinski definition) is 2. The van der Waals surface area contributed by atoms with E-state index in [9.17, 15) is 18.0 Å². The number of rotatable bonds is 6. The van der Waals surface area contributed by atoms with Crippen molar-refractivity contribution in [1.82, 2.24) is 29.6 Å². The maximum Gasteiger partial charge on any atom is 0.418 e. The molecule has 0 amide bonds. The van der Waals surface area contributed by atoms with Gasteiger partial charge in [0.05, 0.1) is 23.9 Å². The molecule has 4 aliphatic rings. The number of hydrazine groups is 1. The summed E-state index contributed by atoms with van der Waals surface area (Å²) in [5.41, 5.74) is 6.22. The number of halogens is 3. The first-order chi connectivity index (χ1) is 18.2. The van der Waals surface area contributed by atoms with E-state index in [1.54, 1.807) is 10.8 Å². The third-order valence-corrected chi connectivity index (χ3v) is 9.97. The van der Waals surface area contributed by atoms with Gasteiger partial charge in [-0.25, -0.2) is 15.6 Å². The molecule has 2 saturated carbocycles. The molecular formula is C28H41F3N6O. The summed E-state index contributed by atoms with van der Waals surface area (Å²) in [5, 5.41) is 0. The minimum absolute atomic E-state index is 0.0280. The highest BCUT2D eigenvalue weighted by atomic mass is 19.4. The zero-order chi connectivity index (χ0) is 26.6. The Morgan fingerprint density at radius 3 is 2.45 bits per heavy atom. The van der Waals surface area contributed by atoms with Crippen molar-refractivity contribution < 1.29 is 13.2 Å². The molecule has 0 bridgehead atoms. The molecule has 2 aliphatic carbocycles. The number of hydrogen-bond acceptors (Lipinski definition) is 5. The van der Waals surface area contributed by atoms with Crippen molar-refractivity contribution >= 4 is 5.52 Å². The van der Waals surface area contributed by atoms with Crippen LogP contribution in [0.4, 0.5) is 13.2 Å². The maximum atomic E-state index is 14.2. The molecule has 4 fully saturated rings. The van der Waals surface area contributed by atoms with Crippen LogP contribution in [0.3, 0.4) is 0 Å². The Bertz CT molecular complexity index is 1200. The van der Waals surface area contributed by atoms with Gasteiger partial charge >= 0.3 is 11.9 Å². The van der Waals surface area contributed by atoms with Gasteiger partial charge in [-0.1, -0.05) is 25.7 Å². The zero-order valence-electron chi connectivity index (χ0n) is 22.5. The Hall–Kier alpha value is -1.88. The normalized spacial score (nSPS) is 30.8. The average molecular weight is 535 g/mol. The SMILES string of the molecule is C[C@@H]1CCCN1Cc1cc(C(F)(F)F)c2cn(C3CCCC([C@@H](C4CCC4)C4NNCN4C)C3)c(=O)n2c1. The molecule has 0 spiro atoms. The van der Waals surface area contributed by atoms with Gasteiger partial charge in [0, 0.05) is 31.0 Å². The molecule has 0 radical (unpaired) electrons. The highest BCUT2D eigenvalue weighted by Crippen LogP contribution is 2.47. The fraction of sp³-hybridized carbons (Fsp3) is 0.750. The van der Waals surface area contributed by atoms with Crippen molar-refractivity contribution in [3.8, 4) is 0 Å². The van der Waals surface area contributed by atoms with Gasteiger partial charge in [0.2, 0.25) is 0 Å². The van der Waals surface area contributed by atoms with Crippen LogP contribution < -0.4 is 16.5 Å². The third kappa shape index (κ3) is 4.82. The summed E-state index contributed by atoms with van der Waals surface area (Å²) in [5.74, 6) is 1.57. The van der Waals surface area contributed by atoms with Crippen molar-refractivity contribution in [2.24, 2.45) is 17.8 Å². The van der Waals surface area contributed by atoms with Gasteiger partial charge in [-0.2, -0.15) is 13.2 Å². The van der Waals surface area contributed by atoms with Crippen LogP contribution in [-0.2, 0) is 12.7 Å². The summed E-state index contributed by atoms with van der Waals surface area (Å²) in [6.45, 7) is 4.22. The molecule has 2 aliphatic heterocycles. The van der Waals surface area contributed by atoms with Gasteiger partial charge in [-0.3, -0.25) is 18.8 Å². The Kier molecular flexibility index (Phi) is 7.12. The fourth-order valence-corrected chi connectivity index (χ4v) is 7.70. The Labute approximate surface area is 222 Å². The lowest BCUT2D eigenvalue weighted by Gasteiger charge is -2.46. The van der Waals surface area contributed by atoms with Crippen molar-refractivity contribution in [1.29, 1.82) is 0 Å². The smallest absolute Gasteiger partial charge is 0.296 e. The van der Waals surface area contributed by atoms with Crippen LogP contribution in [0.1, 0.15) is 81.9 Å². The molecule has 2 aromatic rings. The molecule has 4 heterocycles. The fourth-order valence-electron chi connectivity index (χ4n) is 7.70. The van der Waals surface area contributed by atoms with Gasteiger partial charge in [-0.15, -0.1) is 0 Å². The Morgan fingerprint density at radius 1 is 1.05 bits per heavy atom. The highest BCUT2D eigenvalue weighted by Gasteiger charge is 2.44. The standard InChI is InChI=1S/C28H41F3N6O/c1-18-6-5-11-35(18)14-19-12-23(28(29,30)31)24-16-36(27(38)37(24)15-19)22-10-4-9-21(13-22)25(20-7-3-8-20)26-33-32-17-34(26)2/h12,15-16,18,20-22,25-26,32-33H,3-11,13-14,17H2,1-2H3/t18-,21?,22?,25-,26?/m1/s1. The molecule has 5 atom stereocenters. The summed E-state index contributed by atoms with van der Waals surface area (Å²) in [7, 11) is 2.13. The molecule has 38 heavy (non-hydrogen) atoms. The lowest BCUT2D eigenvalue weighted by Crippen LogP contribution is -2.50. The number of nitrogens with zero attached hydrogens (tertiary/aromatic N) is 4. The number of nitrogens with one attached hydrogen (secondary N) is 2. The molecule has 0 aromatic carbocycles. The number of fused-ring (bicyclic) bond motifs is 1. The minimum atomic E-state index is -4.52. The van der Waals surface area contributed by atoms with Gasteiger partial charge in [-0.05, 0) is 82.0 Å². The van der Waals surface area contributed by atoms with E-state index in [1.165, 1.54) is 35.9 Å². The average Bonchev–Trinajstić information content (AvgIpc) is 3.55. The van der Waals surface area contributed by atoms with E-state index < -0.39 is 11.7 Å². The molecule has 6 rings (SSSR count). The number of pyridine rings is 1. The first-order valence-electron chi connectivity index (χ1n) is 14.5. The number of alkyl halides is 3. The lowest BCUT2D eigenvalue weighted by molar-refractivity contribution is -0.136. The maximum absolute atomic E-state index is 14.2. The van der Waals surface area contributed by atoms with Gasteiger partial charge < -0.3 is 0 Å². The molecule has 2 N–H and O–H groups in total. The van der Waals surface area contributed by atoms with Gasteiger partial charge in [0.1, 0.15) is 0 Å². The number of likely N-dealkylation sites (tertiary alicyclic amines) is 1. The van der Waals surface area contributed by atoms with E-state index in [0.29, 0.717) is 35.9 Å². The summed E-state index contributed by atoms with van der Waals surface area (Å²) < 4.78 is 45.6. The van der Waals surface area contributed by atoms with Crippen molar-refractivity contribution in [2.75, 3.05) is 20.3 Å².